The van der Waals surface area contributed by atoms with Crippen LogP contribution in [0.5, 0.6) is 0 Å². The molecule has 2 heterocycles. The van der Waals surface area contributed by atoms with E-state index in [9.17, 15) is 9.59 Å². The highest BCUT2D eigenvalue weighted by Crippen LogP contribution is 2.24. The summed E-state index contributed by atoms with van der Waals surface area (Å²) in [6.45, 7) is 1.97. The van der Waals surface area contributed by atoms with Crippen LogP contribution in [0.25, 0.3) is 5.65 Å². The number of pyridine rings is 1. The molecular weight excluding hydrogens is 280 g/mol. The second-order valence-corrected chi connectivity index (χ2v) is 5.91. The SMILES string of the molecule is Cc1cccn2c(=O)cc(COC(=O)C3CCCCC3)nc12. The summed E-state index contributed by atoms with van der Waals surface area (Å²) in [6.07, 6.45) is 6.89. The standard InChI is InChI=1S/C17H20N2O3/c1-12-6-5-9-19-15(20)10-14(18-16(12)19)11-22-17(21)13-7-3-2-4-8-13/h5-6,9-10,13H,2-4,7-8,11H2,1H3. The number of fused-ring (bicyclic) bond motifs is 1. The maximum atomic E-state index is 12.1. The van der Waals surface area contributed by atoms with Crippen molar-refractivity contribution in [2.24, 2.45) is 5.92 Å². The smallest absolute Gasteiger partial charge is 0.309 e. The summed E-state index contributed by atoms with van der Waals surface area (Å²) in [7, 11) is 0. The third-order valence-electron chi connectivity index (χ3n) is 4.24. The Morgan fingerprint density at radius 3 is 2.91 bits per heavy atom. The van der Waals surface area contributed by atoms with Crippen molar-refractivity contribution in [3.8, 4) is 0 Å². The molecule has 0 aromatic carbocycles. The Kier molecular flexibility index (Phi) is 4.22. The molecule has 3 rings (SSSR count). The van der Waals surface area contributed by atoms with Gasteiger partial charge in [0.05, 0.1) is 11.6 Å². The van der Waals surface area contributed by atoms with Crippen LogP contribution in [0.3, 0.4) is 0 Å². The van der Waals surface area contributed by atoms with Crippen LogP contribution in [-0.2, 0) is 16.1 Å². The third kappa shape index (κ3) is 3.03. The molecule has 5 nitrogen and oxygen atoms in total. The molecule has 2 aromatic heterocycles. The summed E-state index contributed by atoms with van der Waals surface area (Å²) in [5.41, 5.74) is 1.87. The van der Waals surface area contributed by atoms with Gasteiger partial charge in [-0.05, 0) is 31.4 Å². The number of aryl methyl sites for hydroxylation is 1. The average Bonchev–Trinajstić information content (AvgIpc) is 2.54. The summed E-state index contributed by atoms with van der Waals surface area (Å²) in [5.74, 6) is -0.150. The number of hydrogen-bond acceptors (Lipinski definition) is 4. The molecule has 1 fully saturated rings. The van der Waals surface area contributed by atoms with Crippen LogP contribution in [0, 0.1) is 12.8 Å². The molecule has 22 heavy (non-hydrogen) atoms. The number of rotatable bonds is 3. The first-order chi connectivity index (χ1) is 10.6. The van der Waals surface area contributed by atoms with Crippen molar-refractivity contribution in [3.05, 3.63) is 46.0 Å². The van der Waals surface area contributed by atoms with Gasteiger partial charge < -0.3 is 4.74 Å². The highest BCUT2D eigenvalue weighted by molar-refractivity contribution is 5.72. The Labute approximate surface area is 128 Å². The molecule has 0 amide bonds. The molecule has 1 saturated carbocycles. The van der Waals surface area contributed by atoms with Gasteiger partial charge in [-0.3, -0.25) is 14.0 Å². The fourth-order valence-electron chi connectivity index (χ4n) is 2.98. The largest absolute Gasteiger partial charge is 0.459 e. The Hall–Kier alpha value is -2.17. The lowest BCUT2D eigenvalue weighted by atomic mass is 9.89. The van der Waals surface area contributed by atoms with Gasteiger partial charge in [0.2, 0.25) is 0 Å². The van der Waals surface area contributed by atoms with Gasteiger partial charge in [-0.15, -0.1) is 0 Å². The van der Waals surface area contributed by atoms with Crippen LogP contribution in [0.2, 0.25) is 0 Å². The Bertz CT molecular complexity index is 745. The number of esters is 1. The quantitative estimate of drug-likeness (QED) is 0.818. The van der Waals surface area contributed by atoms with Crippen LogP contribution < -0.4 is 5.56 Å². The zero-order chi connectivity index (χ0) is 15.5. The van der Waals surface area contributed by atoms with E-state index >= 15 is 0 Å². The molecule has 0 bridgehead atoms. The topological polar surface area (TPSA) is 60.7 Å². The molecule has 0 unspecified atom stereocenters. The number of ether oxygens (including phenoxy) is 1. The molecule has 116 valence electrons. The van der Waals surface area contributed by atoms with E-state index in [2.05, 4.69) is 4.98 Å². The average molecular weight is 300 g/mol. The van der Waals surface area contributed by atoms with E-state index in [4.69, 9.17) is 4.74 Å². The minimum Gasteiger partial charge on any atom is -0.459 e. The maximum absolute atomic E-state index is 12.1. The summed E-state index contributed by atoms with van der Waals surface area (Å²) in [6, 6.07) is 5.15. The van der Waals surface area contributed by atoms with Crippen LogP contribution in [0.4, 0.5) is 0 Å². The minimum absolute atomic E-state index is 0.0111. The predicted octanol–water partition coefficient (Wildman–Crippen LogP) is 2.63. The van der Waals surface area contributed by atoms with Crippen molar-refractivity contribution in [2.45, 2.75) is 45.6 Å². The highest BCUT2D eigenvalue weighted by atomic mass is 16.5. The zero-order valence-electron chi connectivity index (χ0n) is 12.7. The molecule has 5 heteroatoms. The monoisotopic (exact) mass is 300 g/mol. The third-order valence-corrected chi connectivity index (χ3v) is 4.24. The lowest BCUT2D eigenvalue weighted by Gasteiger charge is -2.19. The van der Waals surface area contributed by atoms with Gasteiger partial charge in [-0.2, -0.15) is 0 Å². The Morgan fingerprint density at radius 2 is 2.14 bits per heavy atom. The molecule has 0 aliphatic heterocycles. The fraction of sp³-hybridized carbons (Fsp3) is 0.471. The van der Waals surface area contributed by atoms with Crippen LogP contribution in [0.15, 0.2) is 29.2 Å². The highest BCUT2D eigenvalue weighted by Gasteiger charge is 2.22. The normalized spacial score (nSPS) is 15.9. The molecular formula is C17H20N2O3. The van der Waals surface area contributed by atoms with Gasteiger partial charge in [-0.1, -0.05) is 25.3 Å². The molecule has 0 spiro atoms. The molecule has 0 radical (unpaired) electrons. The Morgan fingerprint density at radius 1 is 1.36 bits per heavy atom. The molecule has 0 atom stereocenters. The molecule has 1 aliphatic rings. The second-order valence-electron chi connectivity index (χ2n) is 5.91. The van der Waals surface area contributed by atoms with E-state index in [-0.39, 0.29) is 24.1 Å². The first kappa shape index (κ1) is 14.8. The summed E-state index contributed by atoms with van der Waals surface area (Å²) in [5, 5.41) is 0. The number of carbonyl (C=O) groups excluding carboxylic acids is 1. The number of nitrogens with zero attached hydrogens (tertiary/aromatic N) is 2. The Balaban J connectivity index is 1.75. The van der Waals surface area contributed by atoms with Crippen LogP contribution in [0.1, 0.15) is 43.4 Å². The first-order valence-electron chi connectivity index (χ1n) is 7.80. The van der Waals surface area contributed by atoms with Gasteiger partial charge >= 0.3 is 5.97 Å². The van der Waals surface area contributed by atoms with Crippen molar-refractivity contribution >= 4 is 11.6 Å². The zero-order valence-corrected chi connectivity index (χ0v) is 12.7. The second kappa shape index (κ2) is 6.30. The van der Waals surface area contributed by atoms with E-state index in [1.165, 1.54) is 16.9 Å². The maximum Gasteiger partial charge on any atom is 0.309 e. The van der Waals surface area contributed by atoms with Gasteiger partial charge in [0.15, 0.2) is 0 Å². The predicted molar refractivity (Wildman–Crippen MR) is 82.6 cm³/mol. The van der Waals surface area contributed by atoms with Gasteiger partial charge in [0, 0.05) is 12.3 Å². The van der Waals surface area contributed by atoms with E-state index in [1.807, 2.05) is 19.1 Å². The van der Waals surface area contributed by atoms with Crippen LogP contribution >= 0.6 is 0 Å². The summed E-state index contributed by atoms with van der Waals surface area (Å²) < 4.78 is 6.86. The fourth-order valence-corrected chi connectivity index (χ4v) is 2.98. The lowest BCUT2D eigenvalue weighted by Crippen LogP contribution is -2.21. The van der Waals surface area contributed by atoms with E-state index in [1.54, 1.807) is 6.20 Å². The van der Waals surface area contributed by atoms with Gasteiger partial charge in [0.25, 0.3) is 5.56 Å². The van der Waals surface area contributed by atoms with Gasteiger partial charge in [-0.25, -0.2) is 4.98 Å². The number of hydrogen-bond donors (Lipinski definition) is 0. The van der Waals surface area contributed by atoms with E-state index in [0.717, 1.165) is 31.2 Å². The van der Waals surface area contributed by atoms with Gasteiger partial charge in [0.1, 0.15) is 12.3 Å². The molecule has 0 N–H and O–H groups in total. The number of carbonyl (C=O) groups is 1. The molecule has 2 aromatic rings. The summed E-state index contributed by atoms with van der Waals surface area (Å²) in [4.78, 5) is 28.6. The van der Waals surface area contributed by atoms with Crippen molar-refractivity contribution in [1.82, 2.24) is 9.38 Å². The van der Waals surface area contributed by atoms with Crippen molar-refractivity contribution in [1.29, 1.82) is 0 Å². The van der Waals surface area contributed by atoms with E-state index in [0.29, 0.717) is 11.3 Å². The van der Waals surface area contributed by atoms with Crippen molar-refractivity contribution < 1.29 is 9.53 Å². The van der Waals surface area contributed by atoms with Crippen LogP contribution in [-0.4, -0.2) is 15.4 Å². The first-order valence-corrected chi connectivity index (χ1v) is 7.80. The van der Waals surface area contributed by atoms with Crippen molar-refractivity contribution in [3.63, 3.8) is 0 Å². The van der Waals surface area contributed by atoms with Crippen molar-refractivity contribution in [2.75, 3.05) is 0 Å². The lowest BCUT2D eigenvalue weighted by molar-refractivity contribution is -0.151. The minimum atomic E-state index is -0.161. The molecule has 0 saturated heterocycles. The molecule has 1 aliphatic carbocycles. The van der Waals surface area contributed by atoms with E-state index < -0.39 is 0 Å². The summed E-state index contributed by atoms with van der Waals surface area (Å²) >= 11 is 0. The number of aromatic nitrogens is 2.